The molecule has 1 aliphatic rings. The molecule has 46 heavy (non-hydrogen) atoms. The van der Waals surface area contributed by atoms with Crippen LogP contribution in [0.2, 0.25) is 0 Å². The van der Waals surface area contributed by atoms with Gasteiger partial charge >= 0.3 is 0 Å². The predicted octanol–water partition coefficient (Wildman–Crippen LogP) is 12.3. The Balaban J connectivity index is 1.22. The lowest BCUT2D eigenvalue weighted by molar-refractivity contribution is 0.332. The van der Waals surface area contributed by atoms with E-state index in [9.17, 15) is 0 Å². The molecular formula is C44H40N2. The minimum Gasteiger partial charge on any atom is -0.311 e. The van der Waals surface area contributed by atoms with E-state index in [4.69, 9.17) is 0 Å². The summed E-state index contributed by atoms with van der Waals surface area (Å²) < 4.78 is 2.47. The Morgan fingerprint density at radius 3 is 1.67 bits per heavy atom. The van der Waals surface area contributed by atoms with Crippen LogP contribution in [0.5, 0.6) is 0 Å². The molecule has 1 aliphatic carbocycles. The van der Waals surface area contributed by atoms with Crippen LogP contribution in [0, 0.1) is 0 Å². The van der Waals surface area contributed by atoms with E-state index in [1.54, 1.807) is 0 Å². The molecule has 7 aromatic rings. The minimum absolute atomic E-state index is 0.162. The summed E-state index contributed by atoms with van der Waals surface area (Å²) >= 11 is 0. The zero-order chi connectivity index (χ0) is 31.5. The third-order valence-electron chi connectivity index (χ3n) is 10.3. The molecule has 0 fully saturated rings. The number of benzene rings is 6. The fourth-order valence-corrected chi connectivity index (χ4v) is 7.55. The fourth-order valence-electron chi connectivity index (χ4n) is 7.55. The molecule has 8 rings (SSSR count). The SMILES string of the molecule is CC1(C)CCC(C)(C)c2cc(-n3c4ccccc4c4cc(-c5ccc(N(c6ccccc6)c6ccccc6)cc5)ccc43)ccc21. The minimum atomic E-state index is 0.162. The number of nitrogens with zero attached hydrogens (tertiary/aromatic N) is 2. The highest BCUT2D eigenvalue weighted by Gasteiger charge is 2.37. The van der Waals surface area contributed by atoms with Crippen LogP contribution in [0.1, 0.15) is 51.7 Å². The molecular weight excluding hydrogens is 556 g/mol. The topological polar surface area (TPSA) is 8.17 Å². The maximum Gasteiger partial charge on any atom is 0.0541 e. The molecule has 0 saturated heterocycles. The zero-order valence-electron chi connectivity index (χ0n) is 27.2. The van der Waals surface area contributed by atoms with Gasteiger partial charge in [0.05, 0.1) is 11.0 Å². The molecule has 0 unspecified atom stereocenters. The van der Waals surface area contributed by atoms with E-state index >= 15 is 0 Å². The van der Waals surface area contributed by atoms with E-state index in [-0.39, 0.29) is 10.8 Å². The van der Waals surface area contributed by atoms with Gasteiger partial charge in [-0.15, -0.1) is 0 Å². The number of anilines is 3. The van der Waals surface area contributed by atoms with Gasteiger partial charge in [-0.05, 0) is 113 Å². The van der Waals surface area contributed by atoms with E-state index in [1.807, 2.05) is 0 Å². The van der Waals surface area contributed by atoms with Gasteiger partial charge in [-0.3, -0.25) is 0 Å². The average molecular weight is 597 g/mol. The van der Waals surface area contributed by atoms with Crippen LogP contribution in [0.3, 0.4) is 0 Å². The molecule has 1 aromatic heterocycles. The Bertz CT molecular complexity index is 2150. The normalized spacial score (nSPS) is 15.1. The largest absolute Gasteiger partial charge is 0.311 e. The van der Waals surface area contributed by atoms with Gasteiger partial charge in [0, 0.05) is 33.5 Å². The van der Waals surface area contributed by atoms with Crippen LogP contribution in [0.4, 0.5) is 17.1 Å². The van der Waals surface area contributed by atoms with E-state index < -0.39 is 0 Å². The number of rotatable bonds is 5. The van der Waals surface area contributed by atoms with Crippen LogP contribution in [-0.2, 0) is 10.8 Å². The standard InChI is InChI=1S/C44H40N2/c1-43(2)27-28-44(3,4)40-30-36(24-25-39(40)43)46-41-18-12-11-17-37(41)38-29-32(21-26-42(38)46)31-19-22-35(23-20-31)45(33-13-7-5-8-14-33)34-15-9-6-10-16-34/h5-26,29-30H,27-28H2,1-4H3. The summed E-state index contributed by atoms with van der Waals surface area (Å²) in [4.78, 5) is 2.31. The number of fused-ring (bicyclic) bond motifs is 4. The highest BCUT2D eigenvalue weighted by Crippen LogP contribution is 2.47. The molecule has 0 radical (unpaired) electrons. The van der Waals surface area contributed by atoms with Crippen molar-refractivity contribution in [3.63, 3.8) is 0 Å². The van der Waals surface area contributed by atoms with Crippen molar-refractivity contribution >= 4 is 38.9 Å². The molecule has 0 saturated carbocycles. The van der Waals surface area contributed by atoms with Gasteiger partial charge in [-0.25, -0.2) is 0 Å². The van der Waals surface area contributed by atoms with Gasteiger partial charge in [0.25, 0.3) is 0 Å². The van der Waals surface area contributed by atoms with Gasteiger partial charge in [0.1, 0.15) is 0 Å². The number of aromatic nitrogens is 1. The molecule has 2 nitrogen and oxygen atoms in total. The van der Waals surface area contributed by atoms with E-state index in [2.05, 4.69) is 183 Å². The van der Waals surface area contributed by atoms with Crippen LogP contribution in [0.25, 0.3) is 38.6 Å². The second kappa shape index (κ2) is 10.8. The average Bonchev–Trinajstić information content (AvgIpc) is 3.42. The van der Waals surface area contributed by atoms with E-state index in [0.717, 1.165) is 17.1 Å². The van der Waals surface area contributed by atoms with Gasteiger partial charge < -0.3 is 9.47 Å². The summed E-state index contributed by atoms with van der Waals surface area (Å²) in [5.74, 6) is 0. The molecule has 0 aliphatic heterocycles. The van der Waals surface area contributed by atoms with Crippen molar-refractivity contribution in [2.24, 2.45) is 0 Å². The first-order valence-electron chi connectivity index (χ1n) is 16.5. The summed E-state index contributed by atoms with van der Waals surface area (Å²) in [6.45, 7) is 9.62. The summed E-state index contributed by atoms with van der Waals surface area (Å²) in [6.07, 6.45) is 2.43. The van der Waals surface area contributed by atoms with Gasteiger partial charge in [-0.1, -0.05) is 107 Å². The van der Waals surface area contributed by atoms with Crippen LogP contribution < -0.4 is 4.90 Å². The predicted molar refractivity (Wildman–Crippen MR) is 196 cm³/mol. The van der Waals surface area contributed by atoms with Gasteiger partial charge in [-0.2, -0.15) is 0 Å². The maximum absolute atomic E-state index is 2.47. The fraction of sp³-hybridized carbons (Fsp3) is 0.182. The van der Waals surface area contributed by atoms with E-state index in [1.165, 1.54) is 62.6 Å². The first-order chi connectivity index (χ1) is 22.3. The lowest BCUT2D eigenvalue weighted by atomic mass is 9.63. The molecule has 0 amide bonds. The zero-order valence-corrected chi connectivity index (χ0v) is 27.2. The monoisotopic (exact) mass is 596 g/mol. The van der Waals surface area contributed by atoms with Crippen molar-refractivity contribution in [1.29, 1.82) is 0 Å². The Kier molecular flexibility index (Phi) is 6.65. The van der Waals surface area contributed by atoms with E-state index in [0.29, 0.717) is 0 Å². The van der Waals surface area contributed by atoms with Crippen LogP contribution in [0.15, 0.2) is 146 Å². The number of para-hydroxylation sites is 3. The quantitative estimate of drug-likeness (QED) is 0.192. The Morgan fingerprint density at radius 2 is 1.00 bits per heavy atom. The number of hydrogen-bond acceptors (Lipinski definition) is 1. The smallest absolute Gasteiger partial charge is 0.0541 e. The molecule has 1 heterocycles. The van der Waals surface area contributed by atoms with Crippen LogP contribution in [-0.4, -0.2) is 4.57 Å². The molecule has 2 heteroatoms. The van der Waals surface area contributed by atoms with Crippen molar-refractivity contribution in [2.75, 3.05) is 4.90 Å². The molecule has 6 aromatic carbocycles. The molecule has 0 bridgehead atoms. The summed E-state index contributed by atoms with van der Waals surface area (Å²) in [6, 6.07) is 53.2. The highest BCUT2D eigenvalue weighted by atomic mass is 15.1. The lowest BCUT2D eigenvalue weighted by Gasteiger charge is -2.42. The molecule has 0 atom stereocenters. The lowest BCUT2D eigenvalue weighted by Crippen LogP contribution is -2.33. The first-order valence-corrected chi connectivity index (χ1v) is 16.5. The van der Waals surface area contributed by atoms with Crippen LogP contribution >= 0.6 is 0 Å². The van der Waals surface area contributed by atoms with Crippen molar-refractivity contribution in [1.82, 2.24) is 4.57 Å². The maximum atomic E-state index is 2.47. The Labute approximate surface area is 272 Å². The molecule has 0 N–H and O–H groups in total. The summed E-state index contributed by atoms with van der Waals surface area (Å²) in [5, 5.41) is 2.57. The van der Waals surface area contributed by atoms with Gasteiger partial charge in [0.15, 0.2) is 0 Å². The van der Waals surface area contributed by atoms with Gasteiger partial charge in [0.2, 0.25) is 0 Å². The summed E-state index contributed by atoms with van der Waals surface area (Å²) in [5.41, 5.74) is 12.9. The first kappa shape index (κ1) is 28.4. The summed E-state index contributed by atoms with van der Waals surface area (Å²) in [7, 11) is 0. The number of hydrogen-bond donors (Lipinski definition) is 0. The Morgan fingerprint density at radius 1 is 0.457 bits per heavy atom. The third-order valence-corrected chi connectivity index (χ3v) is 10.3. The van der Waals surface area contributed by atoms with Crippen molar-refractivity contribution in [3.8, 4) is 16.8 Å². The second-order valence-electron chi connectivity index (χ2n) is 14.1. The molecule has 0 spiro atoms. The highest BCUT2D eigenvalue weighted by molar-refractivity contribution is 6.10. The van der Waals surface area contributed by atoms with Crippen molar-refractivity contribution < 1.29 is 0 Å². The van der Waals surface area contributed by atoms with Crippen molar-refractivity contribution in [3.05, 3.63) is 157 Å². The van der Waals surface area contributed by atoms with Crippen molar-refractivity contribution in [2.45, 2.75) is 51.4 Å². The third kappa shape index (κ3) is 4.72. The second-order valence-corrected chi connectivity index (χ2v) is 14.1. The Hall–Kier alpha value is -5.08. The molecule has 226 valence electrons.